The predicted octanol–water partition coefficient (Wildman–Crippen LogP) is 5.35. The van der Waals surface area contributed by atoms with Gasteiger partial charge in [-0.05, 0) is 30.3 Å². The van der Waals surface area contributed by atoms with Crippen molar-refractivity contribution >= 4 is 33.3 Å². The Morgan fingerprint density at radius 3 is 2.40 bits per heavy atom. The molecule has 0 atom stereocenters. The number of benzene rings is 2. The Morgan fingerprint density at radius 1 is 1.10 bits per heavy atom. The maximum absolute atomic E-state index is 12.7. The van der Waals surface area contributed by atoms with Gasteiger partial charge in [0.25, 0.3) is 0 Å². The van der Waals surface area contributed by atoms with Crippen LogP contribution in [0, 0.1) is 0 Å². The van der Waals surface area contributed by atoms with Crippen molar-refractivity contribution in [3.05, 3.63) is 68.7 Å². The summed E-state index contributed by atoms with van der Waals surface area (Å²) >= 11 is 8.87. The Labute approximate surface area is 126 Å². The first-order valence-electron chi connectivity index (χ1n) is 5.46. The molecule has 0 saturated heterocycles. The van der Waals surface area contributed by atoms with Crippen LogP contribution in [0.15, 0.2) is 46.9 Å². The van der Waals surface area contributed by atoms with Crippen LogP contribution in [0.1, 0.15) is 21.5 Å². The summed E-state index contributed by atoms with van der Waals surface area (Å²) in [7, 11) is 0. The van der Waals surface area contributed by atoms with E-state index in [1.807, 2.05) is 0 Å². The highest BCUT2D eigenvalue weighted by Gasteiger charge is 2.31. The Morgan fingerprint density at radius 2 is 1.80 bits per heavy atom. The third kappa shape index (κ3) is 3.22. The van der Waals surface area contributed by atoms with Crippen molar-refractivity contribution in [2.24, 2.45) is 0 Å². The first kappa shape index (κ1) is 15.1. The van der Waals surface area contributed by atoms with Crippen molar-refractivity contribution in [1.82, 2.24) is 0 Å². The monoisotopic (exact) mass is 362 g/mol. The maximum atomic E-state index is 12.7. The molecular formula is C14H7BrClF3O. The standard InChI is InChI=1S/C14H7BrClF3O/c15-12-5-4-9(14(17,18)19)7-11(12)13(20)8-2-1-3-10(16)6-8/h1-7H. The lowest BCUT2D eigenvalue weighted by Gasteiger charge is -2.10. The van der Waals surface area contributed by atoms with Gasteiger partial charge in [-0.15, -0.1) is 0 Å². The highest BCUT2D eigenvalue weighted by Crippen LogP contribution is 2.32. The second kappa shape index (κ2) is 5.58. The molecule has 0 aromatic heterocycles. The molecule has 20 heavy (non-hydrogen) atoms. The number of alkyl halides is 3. The lowest BCUT2D eigenvalue weighted by Crippen LogP contribution is -2.09. The highest BCUT2D eigenvalue weighted by molar-refractivity contribution is 9.10. The van der Waals surface area contributed by atoms with E-state index in [0.29, 0.717) is 9.50 Å². The number of carbonyl (C=O) groups is 1. The van der Waals surface area contributed by atoms with E-state index in [4.69, 9.17) is 11.6 Å². The van der Waals surface area contributed by atoms with Gasteiger partial charge in [-0.2, -0.15) is 13.2 Å². The molecule has 0 bridgehead atoms. The molecule has 0 unspecified atom stereocenters. The molecule has 1 nitrogen and oxygen atoms in total. The van der Waals surface area contributed by atoms with Gasteiger partial charge in [0.2, 0.25) is 0 Å². The molecule has 0 fully saturated rings. The summed E-state index contributed by atoms with van der Waals surface area (Å²) in [5, 5.41) is 0.346. The van der Waals surface area contributed by atoms with Crippen molar-refractivity contribution in [1.29, 1.82) is 0 Å². The largest absolute Gasteiger partial charge is 0.416 e. The predicted molar refractivity (Wildman–Crippen MR) is 74.0 cm³/mol. The average Bonchev–Trinajstić information content (AvgIpc) is 2.37. The van der Waals surface area contributed by atoms with Crippen LogP contribution in [0.4, 0.5) is 13.2 Å². The molecule has 0 radical (unpaired) electrons. The molecule has 0 amide bonds. The number of rotatable bonds is 2. The third-order valence-electron chi connectivity index (χ3n) is 2.63. The van der Waals surface area contributed by atoms with Crippen molar-refractivity contribution in [3.63, 3.8) is 0 Å². The topological polar surface area (TPSA) is 17.1 Å². The van der Waals surface area contributed by atoms with Crippen LogP contribution in [0.2, 0.25) is 5.02 Å². The highest BCUT2D eigenvalue weighted by atomic mass is 79.9. The zero-order valence-electron chi connectivity index (χ0n) is 9.84. The van der Waals surface area contributed by atoms with E-state index in [1.54, 1.807) is 12.1 Å². The first-order chi connectivity index (χ1) is 9.29. The summed E-state index contributed by atoms with van der Waals surface area (Å²) in [6.07, 6.45) is -4.50. The number of halogens is 5. The fourth-order valence-corrected chi connectivity index (χ4v) is 2.28. The van der Waals surface area contributed by atoms with Crippen molar-refractivity contribution in [2.45, 2.75) is 6.18 Å². The Kier molecular flexibility index (Phi) is 4.20. The Hall–Kier alpha value is -1.33. The zero-order chi connectivity index (χ0) is 14.9. The van der Waals surface area contributed by atoms with E-state index in [1.165, 1.54) is 18.2 Å². The number of hydrogen-bond donors (Lipinski definition) is 0. The van der Waals surface area contributed by atoms with Gasteiger partial charge in [0, 0.05) is 20.6 Å². The fourth-order valence-electron chi connectivity index (χ4n) is 1.66. The van der Waals surface area contributed by atoms with Crippen molar-refractivity contribution < 1.29 is 18.0 Å². The van der Waals surface area contributed by atoms with Crippen molar-refractivity contribution in [3.8, 4) is 0 Å². The van der Waals surface area contributed by atoms with Crippen LogP contribution in [0.25, 0.3) is 0 Å². The number of hydrogen-bond acceptors (Lipinski definition) is 1. The van der Waals surface area contributed by atoms with Gasteiger partial charge in [-0.3, -0.25) is 4.79 Å². The molecule has 2 rings (SSSR count). The molecule has 0 aliphatic rings. The number of carbonyl (C=O) groups excluding carboxylic acids is 1. The van der Waals surface area contributed by atoms with Crippen LogP contribution in [-0.4, -0.2) is 5.78 Å². The van der Waals surface area contributed by atoms with Crippen LogP contribution >= 0.6 is 27.5 Å². The minimum atomic E-state index is -4.50. The Bertz CT molecular complexity index is 668. The second-order valence-electron chi connectivity index (χ2n) is 4.03. The smallest absolute Gasteiger partial charge is 0.289 e. The summed E-state index contributed by atoms with van der Waals surface area (Å²) in [4.78, 5) is 12.2. The normalized spacial score (nSPS) is 11.4. The molecular weight excluding hydrogens is 357 g/mol. The van der Waals surface area contributed by atoms with Crippen LogP contribution in [0.3, 0.4) is 0 Å². The molecule has 0 spiro atoms. The maximum Gasteiger partial charge on any atom is 0.416 e. The van der Waals surface area contributed by atoms with Gasteiger partial charge >= 0.3 is 6.18 Å². The fraction of sp³-hybridized carbons (Fsp3) is 0.0714. The van der Waals surface area contributed by atoms with E-state index in [-0.39, 0.29) is 11.1 Å². The zero-order valence-corrected chi connectivity index (χ0v) is 12.2. The molecule has 0 heterocycles. The minimum absolute atomic E-state index is 0.0536. The van der Waals surface area contributed by atoms with Gasteiger partial charge in [0.1, 0.15) is 0 Å². The SMILES string of the molecule is O=C(c1cccc(Cl)c1)c1cc(C(F)(F)F)ccc1Br. The van der Waals surface area contributed by atoms with Gasteiger partial charge in [0.15, 0.2) is 5.78 Å². The van der Waals surface area contributed by atoms with Crippen LogP contribution in [0.5, 0.6) is 0 Å². The number of ketones is 1. The summed E-state index contributed by atoms with van der Waals surface area (Å²) in [5.74, 6) is -0.523. The Balaban J connectivity index is 2.49. The van der Waals surface area contributed by atoms with E-state index >= 15 is 0 Å². The first-order valence-corrected chi connectivity index (χ1v) is 6.63. The van der Waals surface area contributed by atoms with Crippen LogP contribution in [-0.2, 0) is 6.18 Å². The van der Waals surface area contributed by atoms with Crippen molar-refractivity contribution in [2.75, 3.05) is 0 Å². The minimum Gasteiger partial charge on any atom is -0.289 e. The van der Waals surface area contributed by atoms with Gasteiger partial charge in [0.05, 0.1) is 5.56 Å². The molecule has 0 N–H and O–H groups in total. The van der Waals surface area contributed by atoms with Gasteiger partial charge < -0.3 is 0 Å². The van der Waals surface area contributed by atoms with Crippen LogP contribution < -0.4 is 0 Å². The van der Waals surface area contributed by atoms with Gasteiger partial charge in [-0.25, -0.2) is 0 Å². The summed E-state index contributed by atoms with van der Waals surface area (Å²) < 4.78 is 38.3. The molecule has 0 saturated carbocycles. The van der Waals surface area contributed by atoms with E-state index < -0.39 is 17.5 Å². The van der Waals surface area contributed by atoms with E-state index in [9.17, 15) is 18.0 Å². The molecule has 2 aromatic carbocycles. The third-order valence-corrected chi connectivity index (χ3v) is 3.55. The molecule has 2 aromatic rings. The van der Waals surface area contributed by atoms with Gasteiger partial charge in [-0.1, -0.05) is 39.7 Å². The lowest BCUT2D eigenvalue weighted by atomic mass is 10.0. The molecule has 0 aliphatic heterocycles. The summed E-state index contributed by atoms with van der Waals surface area (Å²) in [5.41, 5.74) is -0.689. The van der Waals surface area contributed by atoms with E-state index in [2.05, 4.69) is 15.9 Å². The van der Waals surface area contributed by atoms with E-state index in [0.717, 1.165) is 12.1 Å². The average molecular weight is 364 g/mol. The molecule has 0 aliphatic carbocycles. The molecule has 6 heteroatoms. The summed E-state index contributed by atoms with van der Waals surface area (Å²) in [6.45, 7) is 0. The molecule has 104 valence electrons. The lowest BCUT2D eigenvalue weighted by molar-refractivity contribution is -0.137. The second-order valence-corrected chi connectivity index (χ2v) is 5.32. The summed E-state index contributed by atoms with van der Waals surface area (Å²) in [6, 6.07) is 9.01. The quantitative estimate of drug-likeness (QED) is 0.657.